The first-order valence-corrected chi connectivity index (χ1v) is 15.9. The van der Waals surface area contributed by atoms with Gasteiger partial charge in [-0.3, -0.25) is 14.2 Å². The summed E-state index contributed by atoms with van der Waals surface area (Å²) in [6.45, 7) is 6.82. The van der Waals surface area contributed by atoms with E-state index < -0.39 is 6.04 Å². The second-order valence-electron chi connectivity index (χ2n) is 9.32. The summed E-state index contributed by atoms with van der Waals surface area (Å²) < 4.78 is 10.1. The number of carbonyl (C=O) groups excluding carboxylic acids is 1. The maximum atomic E-state index is 13.9. The third-order valence-electron chi connectivity index (χ3n) is 6.83. The highest BCUT2D eigenvalue weighted by molar-refractivity contribution is 8.01. The van der Waals surface area contributed by atoms with Gasteiger partial charge in [-0.1, -0.05) is 47.2 Å². The van der Waals surface area contributed by atoms with E-state index in [1.165, 1.54) is 23.1 Å². The Hall–Kier alpha value is -3.44. The summed E-state index contributed by atoms with van der Waals surface area (Å²) in [4.78, 5) is 39.3. The van der Waals surface area contributed by atoms with Gasteiger partial charge in [0.1, 0.15) is 5.76 Å². The SMILES string of the molecule is CCN(CC)C(=O)C1=C(C)N=c2s/c(=C/c3ccc(Sc4nc5ccccc5s4)o3)c(=O)n2[C@@H]1c1ccc(Cl)cc1. The monoisotopic (exact) mass is 620 g/mol. The van der Waals surface area contributed by atoms with E-state index in [1.54, 1.807) is 39.0 Å². The van der Waals surface area contributed by atoms with Crippen molar-refractivity contribution >= 4 is 68.2 Å². The van der Waals surface area contributed by atoms with E-state index in [4.69, 9.17) is 21.0 Å². The van der Waals surface area contributed by atoms with E-state index in [-0.39, 0.29) is 11.5 Å². The highest BCUT2D eigenvalue weighted by Crippen LogP contribution is 2.35. The fourth-order valence-corrected chi connectivity index (χ4v) is 7.94. The van der Waals surface area contributed by atoms with Crippen molar-refractivity contribution in [2.24, 2.45) is 4.99 Å². The van der Waals surface area contributed by atoms with Crippen molar-refractivity contribution < 1.29 is 9.21 Å². The molecule has 1 aliphatic rings. The molecule has 4 heterocycles. The summed E-state index contributed by atoms with van der Waals surface area (Å²) >= 11 is 10.5. The normalized spacial score (nSPS) is 15.3. The zero-order valence-corrected chi connectivity index (χ0v) is 25.7. The van der Waals surface area contributed by atoms with Crippen LogP contribution in [0.15, 0.2) is 95.6 Å². The number of aromatic nitrogens is 2. The summed E-state index contributed by atoms with van der Waals surface area (Å²) in [7, 11) is 0. The maximum absolute atomic E-state index is 13.9. The molecule has 0 aliphatic carbocycles. The topological polar surface area (TPSA) is 80.7 Å². The Bertz CT molecular complexity index is 1950. The van der Waals surface area contributed by atoms with Crippen molar-refractivity contribution in [2.75, 3.05) is 13.1 Å². The van der Waals surface area contributed by atoms with Crippen molar-refractivity contribution in [3.63, 3.8) is 0 Å². The molecule has 1 atom stereocenters. The Morgan fingerprint density at radius 3 is 2.59 bits per heavy atom. The predicted molar refractivity (Wildman–Crippen MR) is 166 cm³/mol. The molecule has 41 heavy (non-hydrogen) atoms. The van der Waals surface area contributed by atoms with Crippen molar-refractivity contribution in [3.8, 4) is 0 Å². The van der Waals surface area contributed by atoms with Gasteiger partial charge in [0.2, 0.25) is 0 Å². The molecule has 1 aliphatic heterocycles. The van der Waals surface area contributed by atoms with Gasteiger partial charge in [-0.05, 0) is 74.5 Å². The van der Waals surface area contributed by atoms with E-state index in [1.807, 2.05) is 69.3 Å². The van der Waals surface area contributed by atoms with Crippen LogP contribution in [-0.2, 0) is 4.79 Å². The standard InChI is InChI=1S/C30H25ClN4O3S3/c1-4-34(5-2)28(37)25-17(3)32-29-35(26(25)18-10-12-19(31)13-11-18)27(36)23(39-29)16-20-14-15-24(38-20)41-30-33-21-8-6-7-9-22(21)40-30/h6-16,26H,4-5H2,1-3H3/b23-16+/t26-/m1/s1. The van der Waals surface area contributed by atoms with Gasteiger partial charge in [-0.2, -0.15) is 0 Å². The number of carbonyl (C=O) groups is 1. The Morgan fingerprint density at radius 1 is 1.10 bits per heavy atom. The minimum Gasteiger partial charge on any atom is -0.450 e. The molecule has 0 saturated carbocycles. The summed E-state index contributed by atoms with van der Waals surface area (Å²) in [5, 5.41) is 1.26. The molecule has 5 aromatic rings. The number of furan rings is 1. The molecular weight excluding hydrogens is 596 g/mol. The van der Waals surface area contributed by atoms with Gasteiger partial charge in [-0.25, -0.2) is 9.98 Å². The first-order valence-electron chi connectivity index (χ1n) is 13.1. The van der Waals surface area contributed by atoms with Crippen LogP contribution >= 0.6 is 46.0 Å². The average molecular weight is 621 g/mol. The number of benzene rings is 2. The number of fused-ring (bicyclic) bond motifs is 2. The largest absolute Gasteiger partial charge is 0.450 e. The number of allylic oxidation sites excluding steroid dienone is 1. The summed E-state index contributed by atoms with van der Waals surface area (Å²) in [6, 6.07) is 18.4. The van der Waals surface area contributed by atoms with Gasteiger partial charge in [-0.15, -0.1) is 11.3 Å². The third-order valence-corrected chi connectivity index (χ3v) is 10.1. The van der Waals surface area contributed by atoms with Crippen LogP contribution in [0.4, 0.5) is 0 Å². The molecular formula is C30H25ClN4O3S3. The third kappa shape index (κ3) is 5.32. The lowest BCUT2D eigenvalue weighted by molar-refractivity contribution is -0.127. The van der Waals surface area contributed by atoms with Crippen LogP contribution in [0, 0.1) is 0 Å². The smallest absolute Gasteiger partial charge is 0.271 e. The zero-order valence-electron chi connectivity index (χ0n) is 22.5. The first kappa shape index (κ1) is 27.7. The molecule has 7 nitrogen and oxygen atoms in total. The minimum atomic E-state index is -0.625. The van der Waals surface area contributed by atoms with E-state index in [0.29, 0.717) is 49.6 Å². The molecule has 0 radical (unpaired) electrons. The number of hydrogen-bond donors (Lipinski definition) is 0. The lowest BCUT2D eigenvalue weighted by Gasteiger charge is -2.29. The molecule has 0 fully saturated rings. The molecule has 11 heteroatoms. The number of hydrogen-bond acceptors (Lipinski definition) is 8. The number of thiazole rings is 2. The van der Waals surface area contributed by atoms with E-state index in [9.17, 15) is 9.59 Å². The lowest BCUT2D eigenvalue weighted by atomic mass is 9.94. The van der Waals surface area contributed by atoms with Crippen LogP contribution in [-0.4, -0.2) is 33.4 Å². The quantitative estimate of drug-likeness (QED) is 0.219. The average Bonchev–Trinajstić information content (AvgIpc) is 3.66. The van der Waals surface area contributed by atoms with Crippen molar-refractivity contribution in [1.82, 2.24) is 14.5 Å². The maximum Gasteiger partial charge on any atom is 0.271 e. The van der Waals surface area contributed by atoms with Gasteiger partial charge >= 0.3 is 0 Å². The number of likely N-dealkylation sites (N-methyl/N-ethyl adjacent to an activating group) is 1. The highest BCUT2D eigenvalue weighted by atomic mass is 35.5. The Labute approximate surface area is 253 Å². The first-order chi connectivity index (χ1) is 19.9. The van der Waals surface area contributed by atoms with E-state index in [0.717, 1.165) is 20.1 Å². The van der Waals surface area contributed by atoms with Crippen LogP contribution in [0.25, 0.3) is 16.3 Å². The summed E-state index contributed by atoms with van der Waals surface area (Å²) in [5.41, 5.74) is 2.60. The van der Waals surface area contributed by atoms with Crippen LogP contribution < -0.4 is 14.9 Å². The second kappa shape index (κ2) is 11.4. The molecule has 0 saturated heterocycles. The second-order valence-corrected chi connectivity index (χ2v) is 13.0. The molecule has 6 rings (SSSR count). The van der Waals surface area contributed by atoms with E-state index >= 15 is 0 Å². The molecule has 0 unspecified atom stereocenters. The predicted octanol–water partition coefficient (Wildman–Crippen LogP) is 6.11. The lowest BCUT2D eigenvalue weighted by Crippen LogP contribution is -2.43. The Balaban J connectivity index is 1.40. The van der Waals surface area contributed by atoms with Crippen LogP contribution in [0.3, 0.4) is 0 Å². The van der Waals surface area contributed by atoms with Gasteiger partial charge in [0.15, 0.2) is 14.2 Å². The number of halogens is 1. The highest BCUT2D eigenvalue weighted by Gasteiger charge is 2.34. The van der Waals surface area contributed by atoms with Crippen LogP contribution in [0.5, 0.6) is 0 Å². The molecule has 3 aromatic heterocycles. The summed E-state index contributed by atoms with van der Waals surface area (Å²) in [5.74, 6) is 0.421. The van der Waals surface area contributed by atoms with Gasteiger partial charge in [0, 0.05) is 24.2 Å². The fourth-order valence-electron chi connectivity index (χ4n) is 4.81. The zero-order chi connectivity index (χ0) is 28.7. The molecule has 0 N–H and O–H groups in total. The van der Waals surface area contributed by atoms with E-state index in [2.05, 4.69) is 4.98 Å². The number of nitrogens with zero attached hydrogens (tertiary/aromatic N) is 4. The number of para-hydroxylation sites is 1. The van der Waals surface area contributed by atoms with Crippen molar-refractivity contribution in [2.45, 2.75) is 36.2 Å². The van der Waals surface area contributed by atoms with Gasteiger partial charge in [0.05, 0.1) is 32.1 Å². The summed E-state index contributed by atoms with van der Waals surface area (Å²) in [6.07, 6.45) is 1.73. The molecule has 1 amide bonds. The van der Waals surface area contributed by atoms with Crippen LogP contribution in [0.1, 0.15) is 38.1 Å². The van der Waals surface area contributed by atoms with Crippen LogP contribution in [0.2, 0.25) is 5.02 Å². The Kier molecular flexibility index (Phi) is 7.74. The minimum absolute atomic E-state index is 0.131. The van der Waals surface area contributed by atoms with Crippen molar-refractivity contribution in [3.05, 3.63) is 108 Å². The molecule has 208 valence electrons. The molecule has 0 spiro atoms. The Morgan fingerprint density at radius 2 is 1.85 bits per heavy atom. The molecule has 0 bridgehead atoms. The number of amides is 1. The van der Waals surface area contributed by atoms with Gasteiger partial charge < -0.3 is 9.32 Å². The van der Waals surface area contributed by atoms with Crippen molar-refractivity contribution in [1.29, 1.82) is 0 Å². The number of rotatable bonds is 7. The fraction of sp³-hybridized carbons (Fsp3) is 0.200. The molecule has 2 aromatic carbocycles. The van der Waals surface area contributed by atoms with Gasteiger partial charge in [0.25, 0.3) is 11.5 Å².